The van der Waals surface area contributed by atoms with E-state index in [0.29, 0.717) is 24.2 Å². The molecule has 0 unspecified atom stereocenters. The number of benzene rings is 1. The summed E-state index contributed by atoms with van der Waals surface area (Å²) < 4.78 is 37.6. The molecule has 2 heterocycles. The average Bonchev–Trinajstić information content (AvgIpc) is 3.14. The van der Waals surface area contributed by atoms with Crippen molar-refractivity contribution in [1.29, 1.82) is 0 Å². The van der Waals surface area contributed by atoms with Gasteiger partial charge in [-0.1, -0.05) is 5.57 Å². The molecular weight excluding hydrogens is 478 g/mol. The van der Waals surface area contributed by atoms with Gasteiger partial charge in [0.25, 0.3) is 5.91 Å². The minimum atomic E-state index is -0.858. The predicted molar refractivity (Wildman–Crippen MR) is 138 cm³/mol. The number of allylic oxidation sites excluding steroid dienone is 1. The minimum absolute atomic E-state index is 0.0107. The lowest BCUT2D eigenvalue weighted by atomic mass is 9.90. The highest BCUT2D eigenvalue weighted by molar-refractivity contribution is 5.94. The van der Waals surface area contributed by atoms with Gasteiger partial charge < -0.3 is 15.4 Å². The molecule has 1 aromatic carbocycles. The number of alkyl carbamates (subject to hydrolysis) is 1. The molecule has 0 bridgehead atoms. The molecule has 0 saturated heterocycles. The maximum absolute atomic E-state index is 15.2. The number of carbonyl (C=O) groups excluding carboxylic acids is 2. The largest absolute Gasteiger partial charge is 0.444 e. The van der Waals surface area contributed by atoms with Crippen molar-refractivity contribution in [3.05, 3.63) is 64.5 Å². The van der Waals surface area contributed by atoms with E-state index in [2.05, 4.69) is 15.6 Å². The Hall–Kier alpha value is -3.75. The summed E-state index contributed by atoms with van der Waals surface area (Å²) in [5, 5.41) is 5.30. The second-order valence-corrected chi connectivity index (χ2v) is 10.4. The molecule has 3 aromatic rings. The van der Waals surface area contributed by atoms with Crippen LogP contribution in [0.1, 0.15) is 68.1 Å². The normalized spacial score (nSPS) is 16.0. The third kappa shape index (κ3) is 5.98. The number of imidazole rings is 1. The smallest absolute Gasteiger partial charge is 0.407 e. The molecule has 4 rings (SSSR count). The van der Waals surface area contributed by atoms with Crippen molar-refractivity contribution in [3.63, 3.8) is 0 Å². The van der Waals surface area contributed by atoms with Crippen molar-refractivity contribution in [2.24, 2.45) is 0 Å². The van der Waals surface area contributed by atoms with Crippen molar-refractivity contribution < 1.29 is 23.1 Å². The Labute approximate surface area is 214 Å². The Kier molecular flexibility index (Phi) is 7.34. The average molecular weight is 511 g/mol. The first-order valence-electron chi connectivity index (χ1n) is 12.3. The number of pyridine rings is 1. The number of fused-ring (bicyclic) bond motifs is 1. The van der Waals surface area contributed by atoms with Crippen molar-refractivity contribution in [1.82, 2.24) is 20.0 Å². The van der Waals surface area contributed by atoms with Gasteiger partial charge in [-0.05, 0) is 89.3 Å². The highest BCUT2D eigenvalue weighted by Crippen LogP contribution is 2.34. The van der Waals surface area contributed by atoms with Crippen LogP contribution in [-0.2, 0) is 4.74 Å². The fourth-order valence-electron chi connectivity index (χ4n) is 4.51. The summed E-state index contributed by atoms with van der Waals surface area (Å²) in [6, 6.07) is 5.79. The molecule has 1 saturated carbocycles. The molecule has 9 heteroatoms. The van der Waals surface area contributed by atoms with Crippen LogP contribution in [0.4, 0.5) is 13.6 Å². The van der Waals surface area contributed by atoms with Crippen LogP contribution in [0, 0.1) is 18.6 Å². The van der Waals surface area contributed by atoms with Gasteiger partial charge in [0, 0.05) is 24.8 Å². The number of hydrogen-bond acceptors (Lipinski definition) is 4. The number of nitrogens with zero attached hydrogens (tertiary/aromatic N) is 2. The summed E-state index contributed by atoms with van der Waals surface area (Å²) >= 11 is 0. The first kappa shape index (κ1) is 26.3. The zero-order valence-corrected chi connectivity index (χ0v) is 21.7. The zero-order chi connectivity index (χ0) is 26.9. The first-order chi connectivity index (χ1) is 17.4. The van der Waals surface area contributed by atoms with Gasteiger partial charge >= 0.3 is 6.09 Å². The van der Waals surface area contributed by atoms with E-state index in [1.54, 1.807) is 0 Å². The highest BCUT2D eigenvalue weighted by Gasteiger charge is 2.25. The number of aryl methyl sites for hydroxylation is 1. The molecule has 7 nitrogen and oxygen atoms in total. The SMILES string of the molecule is CNC(=O)c1cc(F)c(-c2nc3cc(C)ccn3c2C=C2CCC(NC(=O)OC(C)(C)C)CC2)c(F)c1. The van der Waals surface area contributed by atoms with Gasteiger partial charge in [0.15, 0.2) is 0 Å². The van der Waals surface area contributed by atoms with Gasteiger partial charge in [0.2, 0.25) is 0 Å². The summed E-state index contributed by atoms with van der Waals surface area (Å²) in [4.78, 5) is 28.6. The van der Waals surface area contributed by atoms with Crippen LogP contribution in [0.5, 0.6) is 0 Å². The Morgan fingerprint density at radius 3 is 2.38 bits per heavy atom. The molecule has 1 aliphatic rings. The van der Waals surface area contributed by atoms with Gasteiger partial charge in [-0.25, -0.2) is 18.6 Å². The monoisotopic (exact) mass is 510 g/mol. The zero-order valence-electron chi connectivity index (χ0n) is 21.7. The fraction of sp³-hybridized carbons (Fsp3) is 0.393. The summed E-state index contributed by atoms with van der Waals surface area (Å²) in [7, 11) is 1.40. The number of aromatic nitrogens is 2. The van der Waals surface area contributed by atoms with Crippen molar-refractivity contribution in [2.75, 3.05) is 7.05 Å². The van der Waals surface area contributed by atoms with Gasteiger partial charge in [-0.3, -0.25) is 9.20 Å². The predicted octanol–water partition coefficient (Wildman–Crippen LogP) is 5.80. The lowest BCUT2D eigenvalue weighted by Crippen LogP contribution is -2.40. The molecule has 1 aliphatic carbocycles. The number of nitrogens with one attached hydrogen (secondary N) is 2. The van der Waals surface area contributed by atoms with E-state index in [4.69, 9.17) is 4.74 Å². The Bertz CT molecular complexity index is 1360. The van der Waals surface area contributed by atoms with E-state index in [1.165, 1.54) is 7.05 Å². The first-order valence-corrected chi connectivity index (χ1v) is 12.3. The van der Waals surface area contributed by atoms with Gasteiger partial charge in [-0.15, -0.1) is 0 Å². The van der Waals surface area contributed by atoms with Gasteiger partial charge in [-0.2, -0.15) is 0 Å². The van der Waals surface area contributed by atoms with Crippen molar-refractivity contribution in [2.45, 2.75) is 65.0 Å². The molecule has 2 amide bonds. The molecule has 2 aromatic heterocycles. The topological polar surface area (TPSA) is 84.7 Å². The van der Waals surface area contributed by atoms with E-state index in [9.17, 15) is 9.59 Å². The summed E-state index contributed by atoms with van der Waals surface area (Å²) in [5.74, 6) is -2.29. The Balaban J connectivity index is 1.66. The van der Waals surface area contributed by atoms with Gasteiger partial charge in [0.05, 0.1) is 11.3 Å². The minimum Gasteiger partial charge on any atom is -0.444 e. The fourth-order valence-corrected chi connectivity index (χ4v) is 4.51. The molecule has 0 spiro atoms. The maximum Gasteiger partial charge on any atom is 0.407 e. The second kappa shape index (κ2) is 10.3. The second-order valence-electron chi connectivity index (χ2n) is 10.4. The van der Waals surface area contributed by atoms with E-state index in [-0.39, 0.29) is 22.9 Å². The molecule has 0 radical (unpaired) electrons. The molecule has 2 N–H and O–H groups in total. The third-order valence-electron chi connectivity index (χ3n) is 6.28. The van der Waals surface area contributed by atoms with E-state index in [0.717, 1.165) is 36.1 Å². The molecule has 0 atom stereocenters. The number of rotatable bonds is 4. The number of ether oxygens (including phenoxy) is 1. The number of hydrogen-bond donors (Lipinski definition) is 2. The van der Waals surface area contributed by atoms with Crippen LogP contribution < -0.4 is 10.6 Å². The number of carbonyl (C=O) groups is 2. The summed E-state index contributed by atoms with van der Waals surface area (Å²) in [5.41, 5.74) is 2.42. The van der Waals surface area contributed by atoms with E-state index < -0.39 is 29.2 Å². The Morgan fingerprint density at radius 1 is 1.14 bits per heavy atom. The molecular formula is C28H32F2N4O3. The van der Waals surface area contributed by atoms with Crippen LogP contribution in [0.25, 0.3) is 23.0 Å². The van der Waals surface area contributed by atoms with E-state index >= 15 is 8.78 Å². The van der Waals surface area contributed by atoms with Crippen molar-refractivity contribution >= 4 is 23.7 Å². The summed E-state index contributed by atoms with van der Waals surface area (Å²) in [6.07, 6.45) is 6.19. The third-order valence-corrected chi connectivity index (χ3v) is 6.28. The van der Waals surface area contributed by atoms with Crippen LogP contribution >= 0.6 is 0 Å². The number of halogens is 2. The summed E-state index contributed by atoms with van der Waals surface area (Å²) in [6.45, 7) is 7.38. The molecule has 37 heavy (non-hydrogen) atoms. The van der Waals surface area contributed by atoms with Crippen LogP contribution in [0.15, 0.2) is 36.0 Å². The lowest BCUT2D eigenvalue weighted by molar-refractivity contribution is 0.0496. The van der Waals surface area contributed by atoms with Gasteiger partial charge in [0.1, 0.15) is 28.6 Å². The molecule has 1 fully saturated rings. The van der Waals surface area contributed by atoms with E-state index in [1.807, 2.05) is 56.5 Å². The standard InChI is InChI=1S/C28H32F2N4O3/c1-16-10-11-34-22(13-17-6-8-19(9-7-17)32-27(36)37-28(2,3)4)25(33-23(34)12-16)24-20(29)14-18(15-21(24)30)26(35)31-5/h10-15,19H,6-9H2,1-5H3,(H,31,35)(H,32,36). The molecule has 0 aliphatic heterocycles. The van der Waals surface area contributed by atoms with Crippen LogP contribution in [0.2, 0.25) is 0 Å². The molecule has 196 valence electrons. The quantitative estimate of drug-likeness (QED) is 0.465. The lowest BCUT2D eigenvalue weighted by Gasteiger charge is -2.27. The highest BCUT2D eigenvalue weighted by atomic mass is 19.1. The number of amides is 2. The maximum atomic E-state index is 15.2. The van der Waals surface area contributed by atoms with Crippen molar-refractivity contribution in [3.8, 4) is 11.3 Å². The van der Waals surface area contributed by atoms with Crippen LogP contribution in [-0.4, -0.2) is 40.1 Å². The van der Waals surface area contributed by atoms with Crippen LogP contribution in [0.3, 0.4) is 0 Å². The Morgan fingerprint density at radius 2 is 1.78 bits per heavy atom.